The van der Waals surface area contributed by atoms with E-state index in [-0.39, 0.29) is 10.7 Å². The molecule has 2 N–H and O–H groups in total. The van der Waals surface area contributed by atoms with Gasteiger partial charge in [-0.3, -0.25) is 9.71 Å². The van der Waals surface area contributed by atoms with Gasteiger partial charge in [0.1, 0.15) is 0 Å². The number of benzene rings is 1. The van der Waals surface area contributed by atoms with E-state index in [1.807, 2.05) is 0 Å². The summed E-state index contributed by atoms with van der Waals surface area (Å²) in [5, 5.41) is 3.00. The summed E-state index contributed by atoms with van der Waals surface area (Å²) in [4.78, 5) is 8.02. The molecule has 0 spiro atoms. The predicted octanol–water partition coefficient (Wildman–Crippen LogP) is 1.94. The van der Waals surface area contributed by atoms with Crippen LogP contribution in [-0.2, 0) is 10.0 Å². The van der Waals surface area contributed by atoms with Gasteiger partial charge in [0, 0.05) is 25.1 Å². The molecule has 7 heteroatoms. The summed E-state index contributed by atoms with van der Waals surface area (Å²) in [5.74, 6) is 0.198. The van der Waals surface area contributed by atoms with Gasteiger partial charge in [-0.2, -0.15) is 0 Å². The normalized spacial score (nSPS) is 11.2. The van der Waals surface area contributed by atoms with Crippen molar-refractivity contribution in [3.05, 3.63) is 41.9 Å². The predicted molar refractivity (Wildman–Crippen MR) is 78.3 cm³/mol. The van der Waals surface area contributed by atoms with E-state index < -0.39 is 10.0 Å². The number of hydrogen-bond donors (Lipinski definition) is 2. The van der Waals surface area contributed by atoms with Crippen LogP contribution in [0.15, 0.2) is 35.6 Å². The van der Waals surface area contributed by atoms with Gasteiger partial charge >= 0.3 is 0 Å². The van der Waals surface area contributed by atoms with Crippen molar-refractivity contribution in [3.63, 3.8) is 0 Å². The lowest BCUT2D eigenvalue weighted by Gasteiger charge is -2.14. The first-order valence-corrected chi connectivity index (χ1v) is 7.50. The summed E-state index contributed by atoms with van der Waals surface area (Å²) >= 11 is 0. The number of aryl methyl sites for hydroxylation is 2. The van der Waals surface area contributed by atoms with Crippen LogP contribution in [0.25, 0.3) is 0 Å². The fourth-order valence-electron chi connectivity index (χ4n) is 2.06. The molecule has 0 unspecified atom stereocenters. The molecule has 0 aliphatic carbocycles. The second-order valence-corrected chi connectivity index (χ2v) is 6.00. The molecule has 0 amide bonds. The van der Waals surface area contributed by atoms with Gasteiger partial charge in [-0.05, 0) is 37.1 Å². The molecule has 1 aromatic heterocycles. The van der Waals surface area contributed by atoms with E-state index >= 15 is 0 Å². The van der Waals surface area contributed by atoms with Crippen LogP contribution in [0.3, 0.4) is 0 Å². The van der Waals surface area contributed by atoms with Gasteiger partial charge in [0.25, 0.3) is 10.0 Å². The average molecular weight is 292 g/mol. The monoisotopic (exact) mass is 292 g/mol. The number of nitrogens with one attached hydrogen (secondary N) is 2. The molecular formula is C13H16N4O2S. The zero-order valence-electron chi connectivity index (χ0n) is 11.5. The molecule has 0 fully saturated rings. The number of nitrogens with zero attached hydrogens (tertiary/aromatic N) is 2. The molecule has 0 bridgehead atoms. The summed E-state index contributed by atoms with van der Waals surface area (Å²) < 4.78 is 27.3. The highest BCUT2D eigenvalue weighted by Gasteiger charge is 2.20. The smallest absolute Gasteiger partial charge is 0.263 e. The topological polar surface area (TPSA) is 84.0 Å². The van der Waals surface area contributed by atoms with Crippen LogP contribution in [0.5, 0.6) is 0 Å². The third kappa shape index (κ3) is 2.88. The van der Waals surface area contributed by atoms with E-state index in [2.05, 4.69) is 20.0 Å². The Kier molecular flexibility index (Phi) is 3.89. The quantitative estimate of drug-likeness (QED) is 0.899. The summed E-state index contributed by atoms with van der Waals surface area (Å²) in [7, 11) is -1.89. The molecule has 106 valence electrons. The molecule has 0 aliphatic rings. The van der Waals surface area contributed by atoms with Crippen molar-refractivity contribution in [2.45, 2.75) is 18.7 Å². The van der Waals surface area contributed by atoms with Gasteiger partial charge < -0.3 is 5.32 Å². The van der Waals surface area contributed by atoms with Crippen LogP contribution in [0.1, 0.15) is 11.1 Å². The molecule has 0 radical (unpaired) electrons. The Balaban J connectivity index is 2.45. The van der Waals surface area contributed by atoms with Crippen LogP contribution >= 0.6 is 0 Å². The molecule has 2 rings (SSSR count). The molecule has 1 heterocycles. The number of rotatable bonds is 4. The van der Waals surface area contributed by atoms with Gasteiger partial charge in [0.2, 0.25) is 0 Å². The fraction of sp³-hybridized carbons (Fsp3) is 0.231. The Bertz CT molecular complexity index is 691. The van der Waals surface area contributed by atoms with Gasteiger partial charge in [-0.1, -0.05) is 0 Å². The maximum atomic E-state index is 12.4. The van der Waals surface area contributed by atoms with Gasteiger partial charge in [0.15, 0.2) is 5.82 Å². The number of aromatic nitrogens is 2. The van der Waals surface area contributed by atoms with E-state index in [1.165, 1.54) is 18.6 Å². The maximum absolute atomic E-state index is 12.4. The van der Waals surface area contributed by atoms with Crippen LogP contribution in [0.4, 0.5) is 11.5 Å². The molecule has 6 nitrogen and oxygen atoms in total. The van der Waals surface area contributed by atoms with E-state index in [0.717, 1.165) is 5.69 Å². The Morgan fingerprint density at radius 1 is 1.10 bits per heavy atom. The molecule has 0 atom stereocenters. The van der Waals surface area contributed by atoms with Gasteiger partial charge in [0.05, 0.1) is 11.1 Å². The lowest BCUT2D eigenvalue weighted by molar-refractivity contribution is 0.600. The molecule has 20 heavy (non-hydrogen) atoms. The minimum Gasteiger partial charge on any atom is -0.388 e. The fourth-order valence-corrected chi connectivity index (χ4v) is 3.51. The Morgan fingerprint density at radius 2 is 1.75 bits per heavy atom. The van der Waals surface area contributed by atoms with Crippen molar-refractivity contribution in [2.75, 3.05) is 17.1 Å². The summed E-state index contributed by atoms with van der Waals surface area (Å²) in [6, 6.07) is 3.58. The molecular weight excluding hydrogens is 276 g/mol. The Hall–Kier alpha value is -2.15. The van der Waals surface area contributed by atoms with Gasteiger partial charge in [-0.15, -0.1) is 0 Å². The zero-order valence-corrected chi connectivity index (χ0v) is 12.3. The maximum Gasteiger partial charge on any atom is 0.263 e. The van der Waals surface area contributed by atoms with Crippen molar-refractivity contribution in [2.24, 2.45) is 0 Å². The van der Waals surface area contributed by atoms with E-state index in [1.54, 1.807) is 33.0 Å². The van der Waals surface area contributed by atoms with E-state index in [9.17, 15) is 8.42 Å². The lowest BCUT2D eigenvalue weighted by atomic mass is 10.1. The Labute approximate surface area is 118 Å². The van der Waals surface area contributed by atoms with E-state index in [4.69, 9.17) is 0 Å². The molecule has 1 aromatic carbocycles. The number of anilines is 2. The highest BCUT2D eigenvalue weighted by molar-refractivity contribution is 7.92. The summed E-state index contributed by atoms with van der Waals surface area (Å²) in [6.45, 7) is 3.53. The SMILES string of the molecule is CNc1cc(C)c(S(=O)(=O)Nc2cnccn2)c(C)c1. The van der Waals surface area contributed by atoms with Crippen LogP contribution in [-0.4, -0.2) is 25.4 Å². The number of hydrogen-bond acceptors (Lipinski definition) is 5. The summed E-state index contributed by atoms with van der Waals surface area (Å²) in [6.07, 6.45) is 4.28. The second kappa shape index (κ2) is 5.46. The first-order valence-electron chi connectivity index (χ1n) is 6.02. The van der Waals surface area contributed by atoms with Crippen molar-refractivity contribution in [1.82, 2.24) is 9.97 Å². The van der Waals surface area contributed by atoms with E-state index in [0.29, 0.717) is 11.1 Å². The molecule has 0 aliphatic heterocycles. The standard InChI is InChI=1S/C13H16N4O2S/c1-9-6-11(14-3)7-10(2)13(9)20(18,19)17-12-8-15-4-5-16-12/h4-8,14H,1-3H3,(H,16,17). The van der Waals surface area contributed by atoms with Crippen molar-refractivity contribution >= 4 is 21.5 Å². The first kappa shape index (κ1) is 14.3. The van der Waals surface area contributed by atoms with Crippen LogP contribution < -0.4 is 10.0 Å². The molecule has 0 saturated carbocycles. The van der Waals surface area contributed by atoms with Crippen LogP contribution in [0.2, 0.25) is 0 Å². The van der Waals surface area contributed by atoms with Crippen LogP contribution in [0, 0.1) is 13.8 Å². The minimum absolute atomic E-state index is 0.198. The molecule has 2 aromatic rings. The van der Waals surface area contributed by atoms with Crippen molar-refractivity contribution < 1.29 is 8.42 Å². The van der Waals surface area contributed by atoms with Crippen molar-refractivity contribution in [3.8, 4) is 0 Å². The highest BCUT2D eigenvalue weighted by atomic mass is 32.2. The third-order valence-corrected chi connectivity index (χ3v) is 4.48. The number of sulfonamides is 1. The van der Waals surface area contributed by atoms with Crippen molar-refractivity contribution in [1.29, 1.82) is 0 Å². The van der Waals surface area contributed by atoms with Gasteiger partial charge in [-0.25, -0.2) is 13.4 Å². The second-order valence-electron chi connectivity index (χ2n) is 4.39. The third-order valence-electron chi connectivity index (χ3n) is 2.82. The Morgan fingerprint density at radius 3 is 2.25 bits per heavy atom. The first-order chi connectivity index (χ1) is 9.44. The highest BCUT2D eigenvalue weighted by Crippen LogP contribution is 2.25. The zero-order chi connectivity index (χ0) is 14.8. The minimum atomic E-state index is -3.68. The largest absolute Gasteiger partial charge is 0.388 e. The molecule has 0 saturated heterocycles. The lowest BCUT2D eigenvalue weighted by Crippen LogP contribution is -2.16. The average Bonchev–Trinajstić information content (AvgIpc) is 2.37. The summed E-state index contributed by atoms with van der Waals surface area (Å²) in [5.41, 5.74) is 2.22.